The van der Waals surface area contributed by atoms with E-state index in [0.717, 1.165) is 22.6 Å². The van der Waals surface area contributed by atoms with Crippen molar-refractivity contribution in [2.75, 3.05) is 11.5 Å². The summed E-state index contributed by atoms with van der Waals surface area (Å²) in [7, 11) is 0.874. The molecule has 5 heteroatoms. The van der Waals surface area contributed by atoms with Crippen LogP contribution in [0.4, 0.5) is 5.69 Å². The predicted molar refractivity (Wildman–Crippen MR) is 73.8 cm³/mol. The van der Waals surface area contributed by atoms with Gasteiger partial charge in [-0.2, -0.15) is 5.10 Å². The number of hydrogen-bond donors (Lipinski definition) is 1. The van der Waals surface area contributed by atoms with Gasteiger partial charge in [-0.25, -0.2) is 0 Å². The Morgan fingerprint density at radius 2 is 2.17 bits per heavy atom. The van der Waals surface area contributed by atoms with Crippen LogP contribution in [0.15, 0.2) is 35.4 Å². The van der Waals surface area contributed by atoms with Gasteiger partial charge in [-0.1, -0.05) is 6.07 Å². The number of nitrogen functional groups attached to an aromatic ring is 1. The lowest BCUT2D eigenvalue weighted by atomic mass is 10.2. The van der Waals surface area contributed by atoms with Crippen molar-refractivity contribution in [3.63, 3.8) is 0 Å². The molecular formula is C13H17N3OS. The maximum atomic E-state index is 12.3. The van der Waals surface area contributed by atoms with Gasteiger partial charge >= 0.3 is 0 Å². The van der Waals surface area contributed by atoms with E-state index < -0.39 is 10.8 Å². The van der Waals surface area contributed by atoms with Crippen LogP contribution in [0.25, 0.3) is 0 Å². The van der Waals surface area contributed by atoms with Crippen molar-refractivity contribution < 1.29 is 4.21 Å². The van der Waals surface area contributed by atoms with E-state index in [4.69, 9.17) is 5.73 Å². The number of aromatic nitrogens is 2. The highest BCUT2D eigenvalue weighted by atomic mass is 32.2. The Balaban J connectivity index is 2.09. The second-order valence-corrected chi connectivity index (χ2v) is 5.76. The van der Waals surface area contributed by atoms with Crippen LogP contribution >= 0.6 is 0 Å². The molecule has 0 spiro atoms. The highest BCUT2D eigenvalue weighted by Gasteiger charge is 2.10. The maximum absolute atomic E-state index is 12.3. The molecule has 1 heterocycles. The molecule has 18 heavy (non-hydrogen) atoms. The van der Waals surface area contributed by atoms with Crippen LogP contribution in [-0.4, -0.2) is 19.7 Å². The average molecular weight is 263 g/mol. The highest BCUT2D eigenvalue weighted by molar-refractivity contribution is 7.85. The van der Waals surface area contributed by atoms with Crippen molar-refractivity contribution in [3.8, 4) is 0 Å². The summed E-state index contributed by atoms with van der Waals surface area (Å²) in [6.07, 6.45) is 2.50. The molecule has 1 unspecified atom stereocenters. The highest BCUT2D eigenvalue weighted by Crippen LogP contribution is 2.19. The number of benzene rings is 1. The Morgan fingerprint density at radius 3 is 2.83 bits per heavy atom. The van der Waals surface area contributed by atoms with Gasteiger partial charge in [0.25, 0.3) is 0 Å². The quantitative estimate of drug-likeness (QED) is 0.853. The topological polar surface area (TPSA) is 60.9 Å². The first-order chi connectivity index (χ1) is 8.59. The molecule has 0 saturated heterocycles. The Labute approximate surface area is 109 Å². The molecule has 1 atom stereocenters. The van der Waals surface area contributed by atoms with Crippen molar-refractivity contribution in [1.82, 2.24) is 9.78 Å². The summed E-state index contributed by atoms with van der Waals surface area (Å²) in [4.78, 5) is 0.831. The summed E-state index contributed by atoms with van der Waals surface area (Å²) < 4.78 is 14.1. The summed E-state index contributed by atoms with van der Waals surface area (Å²) in [6.45, 7) is 1.91. The Bertz CT molecular complexity index is 577. The molecule has 0 aliphatic heterocycles. The third kappa shape index (κ3) is 2.61. The third-order valence-electron chi connectivity index (χ3n) is 3.04. The predicted octanol–water partition coefficient (Wildman–Crippen LogP) is 1.66. The van der Waals surface area contributed by atoms with E-state index in [2.05, 4.69) is 5.10 Å². The smallest absolute Gasteiger partial charge is 0.0536 e. The molecule has 0 radical (unpaired) electrons. The zero-order chi connectivity index (χ0) is 13.1. The molecule has 0 bridgehead atoms. The molecule has 96 valence electrons. The van der Waals surface area contributed by atoms with Gasteiger partial charge in [0.2, 0.25) is 0 Å². The average Bonchev–Trinajstić information content (AvgIpc) is 2.75. The van der Waals surface area contributed by atoms with Crippen LogP contribution in [0.2, 0.25) is 0 Å². The van der Waals surface area contributed by atoms with Crippen molar-refractivity contribution >= 4 is 16.5 Å². The molecule has 2 rings (SSSR count). The number of aryl methyl sites for hydroxylation is 2. The Hall–Kier alpha value is -1.62. The molecule has 0 fully saturated rings. The van der Waals surface area contributed by atoms with Gasteiger partial charge in [0.1, 0.15) is 0 Å². The van der Waals surface area contributed by atoms with Gasteiger partial charge in [-0.15, -0.1) is 0 Å². The lowest BCUT2D eigenvalue weighted by Gasteiger charge is -2.08. The second kappa shape index (κ2) is 5.35. The van der Waals surface area contributed by atoms with Crippen LogP contribution in [-0.2, 0) is 24.3 Å². The molecule has 2 N–H and O–H groups in total. The van der Waals surface area contributed by atoms with Crippen molar-refractivity contribution in [3.05, 3.63) is 41.7 Å². The van der Waals surface area contributed by atoms with Crippen molar-refractivity contribution in [1.29, 1.82) is 0 Å². The molecule has 1 aromatic heterocycles. The fraction of sp³-hybridized carbons (Fsp3) is 0.308. The number of nitrogens with zero attached hydrogens (tertiary/aromatic N) is 2. The van der Waals surface area contributed by atoms with Crippen LogP contribution in [0.5, 0.6) is 0 Å². The van der Waals surface area contributed by atoms with E-state index in [1.807, 2.05) is 42.9 Å². The van der Waals surface area contributed by atoms with E-state index in [1.165, 1.54) is 0 Å². The van der Waals surface area contributed by atoms with E-state index in [1.54, 1.807) is 6.20 Å². The lowest BCUT2D eigenvalue weighted by molar-refractivity contribution is 0.677. The molecule has 2 aromatic rings. The normalized spacial score (nSPS) is 12.6. The van der Waals surface area contributed by atoms with Gasteiger partial charge in [0.05, 0.1) is 10.8 Å². The zero-order valence-electron chi connectivity index (χ0n) is 10.6. The van der Waals surface area contributed by atoms with Gasteiger partial charge in [-0.05, 0) is 30.7 Å². The van der Waals surface area contributed by atoms with Gasteiger partial charge in [-0.3, -0.25) is 8.89 Å². The van der Waals surface area contributed by atoms with Crippen molar-refractivity contribution in [2.24, 2.45) is 7.05 Å². The fourth-order valence-corrected chi connectivity index (χ4v) is 3.14. The Morgan fingerprint density at radius 1 is 1.39 bits per heavy atom. The standard InChI is InChI=1S/C13H17N3OS/c1-10-12(14)4-3-5-13(10)18(17)9-7-11-6-8-15-16(11)2/h3-6,8H,7,9,14H2,1-2H3. The maximum Gasteiger partial charge on any atom is 0.0536 e. The van der Waals surface area contributed by atoms with Crippen LogP contribution in [0.1, 0.15) is 11.3 Å². The molecule has 0 aliphatic carbocycles. The summed E-state index contributed by atoms with van der Waals surface area (Å²) in [5.41, 5.74) is 8.53. The Kier molecular flexibility index (Phi) is 3.81. The minimum atomic E-state index is -1.02. The van der Waals surface area contributed by atoms with Crippen LogP contribution < -0.4 is 5.73 Å². The summed E-state index contributed by atoms with van der Waals surface area (Å²) in [5.74, 6) is 0.587. The van der Waals surface area contributed by atoms with Gasteiger partial charge in [0, 0.05) is 41.7 Å². The van der Waals surface area contributed by atoms with E-state index in [0.29, 0.717) is 11.4 Å². The first kappa shape index (κ1) is 12.8. The fourth-order valence-electron chi connectivity index (χ4n) is 1.83. The molecular weight excluding hydrogens is 246 g/mol. The first-order valence-electron chi connectivity index (χ1n) is 5.80. The summed E-state index contributed by atoms with van der Waals surface area (Å²) in [5, 5.41) is 4.10. The van der Waals surface area contributed by atoms with E-state index in [-0.39, 0.29) is 0 Å². The molecule has 0 saturated carbocycles. The zero-order valence-corrected chi connectivity index (χ0v) is 11.4. The monoisotopic (exact) mass is 263 g/mol. The molecule has 4 nitrogen and oxygen atoms in total. The van der Waals surface area contributed by atoms with Crippen LogP contribution in [0, 0.1) is 6.92 Å². The third-order valence-corrected chi connectivity index (χ3v) is 4.55. The minimum absolute atomic E-state index is 0.587. The van der Waals surface area contributed by atoms with Crippen molar-refractivity contribution in [2.45, 2.75) is 18.2 Å². The van der Waals surface area contributed by atoms with Gasteiger partial charge < -0.3 is 5.73 Å². The number of anilines is 1. The lowest BCUT2D eigenvalue weighted by Crippen LogP contribution is -2.07. The molecule has 0 aliphatic rings. The largest absolute Gasteiger partial charge is 0.398 e. The number of rotatable bonds is 4. The SMILES string of the molecule is Cc1c(N)cccc1S(=O)CCc1ccnn1C. The number of hydrogen-bond acceptors (Lipinski definition) is 3. The molecule has 0 amide bonds. The van der Waals surface area contributed by atoms with Crippen LogP contribution in [0.3, 0.4) is 0 Å². The van der Waals surface area contributed by atoms with Gasteiger partial charge in [0.15, 0.2) is 0 Å². The molecule has 1 aromatic carbocycles. The van der Waals surface area contributed by atoms with E-state index in [9.17, 15) is 4.21 Å². The van der Waals surface area contributed by atoms with E-state index >= 15 is 0 Å². The summed E-state index contributed by atoms with van der Waals surface area (Å²) in [6, 6.07) is 7.51. The summed E-state index contributed by atoms with van der Waals surface area (Å²) >= 11 is 0. The second-order valence-electron chi connectivity index (χ2n) is 4.22. The minimum Gasteiger partial charge on any atom is -0.398 e. The number of nitrogens with two attached hydrogens (primary N) is 1. The first-order valence-corrected chi connectivity index (χ1v) is 7.12.